The van der Waals surface area contributed by atoms with Crippen molar-refractivity contribution < 1.29 is 31.5 Å². The fraction of sp³-hybridized carbons (Fsp3) is 0.368. The van der Waals surface area contributed by atoms with Gasteiger partial charge in [0.05, 0.1) is 35.6 Å². The molecule has 2 heterocycles. The summed E-state index contributed by atoms with van der Waals surface area (Å²) in [6, 6.07) is 1.94. The van der Waals surface area contributed by atoms with Crippen LogP contribution in [0.4, 0.5) is 22.0 Å². The number of hydrogen-bond acceptors (Lipinski definition) is 5. The molecule has 3 rings (SSSR count). The highest BCUT2D eigenvalue weighted by Crippen LogP contribution is 2.27. The van der Waals surface area contributed by atoms with Gasteiger partial charge in [-0.3, -0.25) is 9.78 Å². The van der Waals surface area contributed by atoms with Crippen LogP contribution in [-0.2, 0) is 11.3 Å². The number of carbonyl (C=O) groups is 1. The summed E-state index contributed by atoms with van der Waals surface area (Å²) in [5.74, 6) is -1.65. The molecule has 0 radical (unpaired) electrons. The summed E-state index contributed by atoms with van der Waals surface area (Å²) in [4.78, 5) is 24.6. The molecule has 0 aliphatic heterocycles. The number of halogens is 5. The lowest BCUT2D eigenvalue weighted by Crippen LogP contribution is -2.39. The minimum atomic E-state index is -3.20. The minimum Gasteiger partial charge on any atom is -0.338 e. The van der Waals surface area contributed by atoms with Crippen molar-refractivity contribution >= 4 is 16.9 Å². The summed E-state index contributed by atoms with van der Waals surface area (Å²) < 4.78 is 71.4. The topological polar surface area (TPSA) is 81.9 Å². The molecule has 2 atom stereocenters. The normalized spacial score (nSPS) is 13.7. The highest BCUT2D eigenvalue weighted by atomic mass is 19.3. The van der Waals surface area contributed by atoms with Crippen molar-refractivity contribution in [3.8, 4) is 0 Å². The third-order valence-electron chi connectivity index (χ3n) is 4.43. The highest BCUT2D eigenvalue weighted by Gasteiger charge is 2.31. The molecule has 1 N–H and O–H groups in total. The molecule has 0 bridgehead atoms. The SMILES string of the molecule is Cc1cnc(C(=O)N[C@H](c2nc3cc(F)ccc3n2CC(F)F)[C@@H](C)OC(F)F)cn1. The number of nitrogens with zero attached hydrogens (tertiary/aromatic N) is 4. The zero-order valence-corrected chi connectivity index (χ0v) is 16.4. The first-order chi connectivity index (χ1) is 14.7. The zero-order valence-electron chi connectivity index (χ0n) is 16.4. The quantitative estimate of drug-likeness (QED) is 0.538. The molecular formula is C19H18F5N5O2. The molecule has 0 saturated heterocycles. The predicted molar refractivity (Wildman–Crippen MR) is 99.2 cm³/mol. The second kappa shape index (κ2) is 9.33. The molecule has 1 aromatic carbocycles. The van der Waals surface area contributed by atoms with Crippen LogP contribution in [0, 0.1) is 12.7 Å². The number of nitrogens with one attached hydrogen (secondary N) is 1. The van der Waals surface area contributed by atoms with Crippen LogP contribution in [0.1, 0.15) is 35.0 Å². The number of imidazole rings is 1. The van der Waals surface area contributed by atoms with E-state index >= 15 is 0 Å². The molecule has 0 spiro atoms. The fourth-order valence-electron chi connectivity index (χ4n) is 3.05. The van der Waals surface area contributed by atoms with Gasteiger partial charge >= 0.3 is 6.61 Å². The van der Waals surface area contributed by atoms with Crippen LogP contribution in [0.3, 0.4) is 0 Å². The van der Waals surface area contributed by atoms with E-state index in [0.717, 1.165) is 16.7 Å². The second-order valence-corrected chi connectivity index (χ2v) is 6.70. The van der Waals surface area contributed by atoms with Crippen LogP contribution < -0.4 is 5.32 Å². The van der Waals surface area contributed by atoms with Crippen molar-refractivity contribution in [3.63, 3.8) is 0 Å². The first-order valence-corrected chi connectivity index (χ1v) is 9.12. The van der Waals surface area contributed by atoms with Gasteiger partial charge < -0.3 is 14.6 Å². The van der Waals surface area contributed by atoms with E-state index in [1.54, 1.807) is 6.92 Å². The monoisotopic (exact) mass is 443 g/mol. The average molecular weight is 443 g/mol. The van der Waals surface area contributed by atoms with Gasteiger partial charge in [0.15, 0.2) is 0 Å². The number of aryl methyl sites for hydroxylation is 1. The lowest BCUT2D eigenvalue weighted by atomic mass is 10.1. The first-order valence-electron chi connectivity index (χ1n) is 9.12. The standard InChI is InChI=1S/C19H18F5N5O2/c1-9-6-26-13(7-25-9)18(30)28-16(10(2)31-19(23)24)17-27-12-5-11(20)3-4-14(12)29(17)8-15(21)22/h3-7,10,15-16,19H,8H2,1-2H3,(H,28,30)/t10-,16+/m1/s1. The van der Waals surface area contributed by atoms with Gasteiger partial charge in [-0.25, -0.2) is 23.1 Å². The first kappa shape index (κ1) is 22.5. The summed E-state index contributed by atoms with van der Waals surface area (Å²) in [6.45, 7) is -1.17. The molecule has 0 saturated carbocycles. The number of aromatic nitrogens is 4. The van der Waals surface area contributed by atoms with E-state index in [9.17, 15) is 26.7 Å². The van der Waals surface area contributed by atoms with Crippen molar-refractivity contribution in [2.24, 2.45) is 0 Å². The van der Waals surface area contributed by atoms with Crippen LogP contribution in [-0.4, -0.2) is 44.6 Å². The summed E-state index contributed by atoms with van der Waals surface area (Å²) >= 11 is 0. The van der Waals surface area contributed by atoms with E-state index in [1.165, 1.54) is 25.4 Å². The molecule has 0 unspecified atom stereocenters. The Bertz CT molecular complexity index is 1060. The smallest absolute Gasteiger partial charge is 0.338 e. The number of amides is 1. The maximum Gasteiger partial charge on any atom is 0.345 e. The Morgan fingerprint density at radius 2 is 1.94 bits per heavy atom. The van der Waals surface area contributed by atoms with Gasteiger partial charge in [-0.05, 0) is 26.0 Å². The Hall–Kier alpha value is -3.15. The van der Waals surface area contributed by atoms with Crippen molar-refractivity contribution in [1.29, 1.82) is 0 Å². The Morgan fingerprint density at radius 3 is 2.55 bits per heavy atom. The van der Waals surface area contributed by atoms with E-state index in [-0.39, 0.29) is 22.6 Å². The maximum atomic E-state index is 13.6. The molecule has 1 amide bonds. The van der Waals surface area contributed by atoms with Crippen molar-refractivity contribution in [1.82, 2.24) is 24.8 Å². The van der Waals surface area contributed by atoms with Gasteiger partial charge in [-0.15, -0.1) is 0 Å². The Morgan fingerprint density at radius 1 is 1.19 bits per heavy atom. The predicted octanol–water partition coefficient (Wildman–Crippen LogP) is 3.64. The third kappa shape index (κ3) is 5.32. The summed E-state index contributed by atoms with van der Waals surface area (Å²) in [7, 11) is 0. The molecule has 2 aromatic heterocycles. The highest BCUT2D eigenvalue weighted by molar-refractivity contribution is 5.92. The molecule has 0 aliphatic carbocycles. The molecule has 3 aromatic rings. The lowest BCUT2D eigenvalue weighted by Gasteiger charge is -2.25. The van der Waals surface area contributed by atoms with Gasteiger partial charge in [-0.2, -0.15) is 8.78 Å². The van der Waals surface area contributed by atoms with E-state index in [4.69, 9.17) is 0 Å². The van der Waals surface area contributed by atoms with Gasteiger partial charge in [0, 0.05) is 12.3 Å². The van der Waals surface area contributed by atoms with E-state index in [0.29, 0.717) is 5.69 Å². The largest absolute Gasteiger partial charge is 0.345 e. The van der Waals surface area contributed by atoms with Crippen LogP contribution in [0.25, 0.3) is 11.0 Å². The van der Waals surface area contributed by atoms with Crippen molar-refractivity contribution in [3.05, 3.63) is 53.6 Å². The summed E-state index contributed by atoms with van der Waals surface area (Å²) in [5, 5.41) is 2.44. The Balaban J connectivity index is 2.06. The molecule has 12 heteroatoms. The second-order valence-electron chi connectivity index (χ2n) is 6.70. The van der Waals surface area contributed by atoms with Crippen LogP contribution in [0.2, 0.25) is 0 Å². The third-order valence-corrected chi connectivity index (χ3v) is 4.43. The summed E-state index contributed by atoms with van der Waals surface area (Å²) in [5.41, 5.74) is 0.593. The van der Waals surface area contributed by atoms with Crippen LogP contribution in [0.5, 0.6) is 0 Å². The van der Waals surface area contributed by atoms with Gasteiger partial charge in [0.2, 0.25) is 0 Å². The van der Waals surface area contributed by atoms with E-state index < -0.39 is 43.5 Å². The Kier molecular flexibility index (Phi) is 6.78. The van der Waals surface area contributed by atoms with Gasteiger partial charge in [0.1, 0.15) is 23.4 Å². The van der Waals surface area contributed by atoms with E-state index in [1.807, 2.05) is 0 Å². The molecule has 31 heavy (non-hydrogen) atoms. The van der Waals surface area contributed by atoms with Crippen molar-refractivity contribution in [2.45, 2.75) is 45.6 Å². The number of fused-ring (bicyclic) bond motifs is 1. The van der Waals surface area contributed by atoms with Crippen LogP contribution in [0.15, 0.2) is 30.6 Å². The molecule has 166 valence electrons. The molecule has 7 nitrogen and oxygen atoms in total. The molecular weight excluding hydrogens is 425 g/mol. The number of ether oxygens (including phenoxy) is 1. The number of rotatable bonds is 8. The van der Waals surface area contributed by atoms with Crippen LogP contribution >= 0.6 is 0 Å². The number of carbonyl (C=O) groups excluding carboxylic acids is 1. The number of benzene rings is 1. The van der Waals surface area contributed by atoms with E-state index in [2.05, 4.69) is 25.0 Å². The molecule has 0 aliphatic rings. The fourth-order valence-corrected chi connectivity index (χ4v) is 3.05. The average Bonchev–Trinajstić information content (AvgIpc) is 3.02. The minimum absolute atomic E-state index is 0.0225. The summed E-state index contributed by atoms with van der Waals surface area (Å²) in [6.07, 6.45) is -1.69. The van der Waals surface area contributed by atoms with Gasteiger partial charge in [-0.1, -0.05) is 0 Å². The number of alkyl halides is 4. The number of hydrogen-bond donors (Lipinski definition) is 1. The van der Waals surface area contributed by atoms with Crippen molar-refractivity contribution in [2.75, 3.05) is 0 Å². The Labute approximate surface area is 173 Å². The van der Waals surface area contributed by atoms with Gasteiger partial charge in [0.25, 0.3) is 12.3 Å². The lowest BCUT2D eigenvalue weighted by molar-refractivity contribution is -0.165. The zero-order chi connectivity index (χ0) is 22.7. The molecule has 0 fully saturated rings. The maximum absolute atomic E-state index is 13.6.